The van der Waals surface area contributed by atoms with Crippen LogP contribution in [-0.4, -0.2) is 23.9 Å². The van der Waals surface area contributed by atoms with Gasteiger partial charge in [-0.2, -0.15) is 10.4 Å². The van der Waals surface area contributed by atoms with E-state index in [9.17, 15) is 4.79 Å². The Morgan fingerprint density at radius 2 is 2.33 bits per heavy atom. The molecule has 1 heterocycles. The first-order chi connectivity index (χ1) is 7.04. The highest BCUT2D eigenvalue weighted by molar-refractivity contribution is 5.40. The Kier molecular flexibility index (Phi) is 3.45. The minimum absolute atomic E-state index is 0.177. The first-order valence-electron chi connectivity index (χ1n) is 4.68. The largest absolute Gasteiger partial charge is 0.376 e. The number of anilines is 1. The molecule has 5 nitrogen and oxygen atoms in total. The van der Waals surface area contributed by atoms with Gasteiger partial charge in [0.2, 0.25) is 0 Å². The Morgan fingerprint density at radius 1 is 1.67 bits per heavy atom. The van der Waals surface area contributed by atoms with Crippen LogP contribution in [0.2, 0.25) is 0 Å². The lowest BCUT2D eigenvalue weighted by Crippen LogP contribution is -2.26. The van der Waals surface area contributed by atoms with E-state index in [1.54, 1.807) is 13.1 Å². The topological polar surface area (TPSA) is 61.9 Å². The minimum atomic E-state index is -0.208. The molecule has 0 N–H and O–H groups in total. The molecule has 5 heteroatoms. The Morgan fingerprint density at radius 3 is 2.80 bits per heavy atom. The van der Waals surface area contributed by atoms with Gasteiger partial charge in [-0.1, -0.05) is 0 Å². The standard InChI is InChI=1S/C10H14N4O/c1-8(5-11)7-14-10(15)4-9(6-12-14)13(2)3/h4,6,8H,7H2,1-3H3. The molecule has 0 aliphatic rings. The second-order valence-electron chi connectivity index (χ2n) is 3.66. The van der Waals surface area contributed by atoms with E-state index in [1.165, 1.54) is 10.7 Å². The van der Waals surface area contributed by atoms with E-state index in [0.717, 1.165) is 5.69 Å². The lowest BCUT2D eigenvalue weighted by molar-refractivity contribution is 0.504. The first-order valence-corrected chi connectivity index (χ1v) is 4.68. The fourth-order valence-electron chi connectivity index (χ4n) is 1.11. The number of nitriles is 1. The Labute approximate surface area is 88.6 Å². The van der Waals surface area contributed by atoms with Crippen molar-refractivity contribution in [1.29, 1.82) is 5.26 Å². The molecule has 0 saturated carbocycles. The molecule has 0 amide bonds. The zero-order chi connectivity index (χ0) is 11.4. The molecule has 0 spiro atoms. The molecule has 15 heavy (non-hydrogen) atoms. The molecule has 1 aromatic heterocycles. The van der Waals surface area contributed by atoms with Crippen molar-refractivity contribution in [3.05, 3.63) is 22.6 Å². The number of nitrogens with zero attached hydrogens (tertiary/aromatic N) is 4. The maximum atomic E-state index is 11.6. The van der Waals surface area contributed by atoms with Crippen LogP contribution in [0.25, 0.3) is 0 Å². The van der Waals surface area contributed by atoms with Crippen LogP contribution >= 0.6 is 0 Å². The van der Waals surface area contributed by atoms with Crippen LogP contribution in [-0.2, 0) is 6.54 Å². The van der Waals surface area contributed by atoms with Gasteiger partial charge in [-0.05, 0) is 6.92 Å². The van der Waals surface area contributed by atoms with E-state index in [2.05, 4.69) is 11.2 Å². The molecule has 0 saturated heterocycles. The van der Waals surface area contributed by atoms with Crippen LogP contribution in [0.3, 0.4) is 0 Å². The highest BCUT2D eigenvalue weighted by Gasteiger charge is 2.05. The molecule has 1 rings (SSSR count). The van der Waals surface area contributed by atoms with Crippen molar-refractivity contribution in [2.45, 2.75) is 13.5 Å². The lowest BCUT2D eigenvalue weighted by atomic mass is 10.2. The number of rotatable bonds is 3. The summed E-state index contributed by atoms with van der Waals surface area (Å²) in [6.07, 6.45) is 1.62. The Balaban J connectivity index is 2.95. The summed E-state index contributed by atoms with van der Waals surface area (Å²) >= 11 is 0. The first kappa shape index (κ1) is 11.2. The van der Waals surface area contributed by atoms with Gasteiger partial charge in [-0.15, -0.1) is 0 Å². The van der Waals surface area contributed by atoms with Crippen molar-refractivity contribution in [3.63, 3.8) is 0 Å². The fourth-order valence-corrected chi connectivity index (χ4v) is 1.11. The third kappa shape index (κ3) is 2.81. The molecule has 0 aliphatic carbocycles. The molecule has 0 aromatic carbocycles. The van der Waals surface area contributed by atoms with E-state index in [-0.39, 0.29) is 11.5 Å². The summed E-state index contributed by atoms with van der Waals surface area (Å²) in [6.45, 7) is 2.09. The Bertz CT molecular complexity index is 430. The summed E-state index contributed by atoms with van der Waals surface area (Å²) in [5, 5.41) is 12.6. The van der Waals surface area contributed by atoms with Gasteiger partial charge in [-0.3, -0.25) is 4.79 Å². The van der Waals surface area contributed by atoms with Crippen molar-refractivity contribution in [1.82, 2.24) is 9.78 Å². The van der Waals surface area contributed by atoms with Gasteiger partial charge in [0, 0.05) is 20.2 Å². The normalized spacial score (nSPS) is 11.9. The maximum absolute atomic E-state index is 11.6. The molecule has 0 radical (unpaired) electrons. The van der Waals surface area contributed by atoms with E-state index >= 15 is 0 Å². The monoisotopic (exact) mass is 206 g/mol. The second-order valence-corrected chi connectivity index (χ2v) is 3.66. The average molecular weight is 206 g/mol. The third-order valence-electron chi connectivity index (χ3n) is 2.04. The smallest absolute Gasteiger partial charge is 0.268 e. The summed E-state index contributed by atoms with van der Waals surface area (Å²) in [6, 6.07) is 3.58. The molecule has 0 bridgehead atoms. The van der Waals surface area contributed by atoms with Crippen molar-refractivity contribution in [2.75, 3.05) is 19.0 Å². The van der Waals surface area contributed by atoms with Gasteiger partial charge in [0.05, 0.1) is 30.4 Å². The zero-order valence-corrected chi connectivity index (χ0v) is 9.14. The van der Waals surface area contributed by atoms with Gasteiger partial charge >= 0.3 is 0 Å². The summed E-state index contributed by atoms with van der Waals surface area (Å²) in [4.78, 5) is 13.4. The highest BCUT2D eigenvalue weighted by atomic mass is 16.1. The molecule has 1 aromatic rings. The molecular weight excluding hydrogens is 192 g/mol. The molecular formula is C10H14N4O. The number of hydrogen-bond acceptors (Lipinski definition) is 4. The SMILES string of the molecule is CC(C#N)Cn1ncc(N(C)C)cc1=O. The molecule has 0 fully saturated rings. The van der Waals surface area contributed by atoms with Crippen LogP contribution in [0.1, 0.15) is 6.92 Å². The van der Waals surface area contributed by atoms with Crippen molar-refractivity contribution in [2.24, 2.45) is 5.92 Å². The highest BCUT2D eigenvalue weighted by Crippen LogP contribution is 2.04. The maximum Gasteiger partial charge on any atom is 0.268 e. The lowest BCUT2D eigenvalue weighted by Gasteiger charge is -2.12. The summed E-state index contributed by atoms with van der Waals surface area (Å²) in [5.41, 5.74) is 0.587. The van der Waals surface area contributed by atoms with Crippen LogP contribution in [0.5, 0.6) is 0 Å². The van der Waals surface area contributed by atoms with E-state index < -0.39 is 0 Å². The minimum Gasteiger partial charge on any atom is -0.376 e. The zero-order valence-electron chi connectivity index (χ0n) is 9.14. The number of hydrogen-bond donors (Lipinski definition) is 0. The van der Waals surface area contributed by atoms with Crippen molar-refractivity contribution >= 4 is 5.69 Å². The molecule has 1 atom stereocenters. The van der Waals surface area contributed by atoms with Gasteiger partial charge in [0.1, 0.15) is 0 Å². The van der Waals surface area contributed by atoms with Gasteiger partial charge in [-0.25, -0.2) is 4.68 Å². The number of aromatic nitrogens is 2. The summed E-state index contributed by atoms with van der Waals surface area (Å²) < 4.78 is 1.31. The molecule has 80 valence electrons. The quantitative estimate of drug-likeness (QED) is 0.721. The van der Waals surface area contributed by atoms with E-state index in [0.29, 0.717) is 6.54 Å². The average Bonchev–Trinajstić information content (AvgIpc) is 2.20. The van der Waals surface area contributed by atoms with Crippen LogP contribution < -0.4 is 10.5 Å². The van der Waals surface area contributed by atoms with Crippen LogP contribution in [0.15, 0.2) is 17.1 Å². The van der Waals surface area contributed by atoms with Crippen molar-refractivity contribution < 1.29 is 0 Å². The Hall–Kier alpha value is -1.83. The summed E-state index contributed by atoms with van der Waals surface area (Å²) in [5.74, 6) is -0.208. The predicted octanol–water partition coefficient (Wildman–Crippen LogP) is 0.469. The molecule has 0 aliphatic heterocycles. The fraction of sp³-hybridized carbons (Fsp3) is 0.500. The predicted molar refractivity (Wildman–Crippen MR) is 57.6 cm³/mol. The van der Waals surface area contributed by atoms with E-state index in [1.807, 2.05) is 19.0 Å². The summed E-state index contributed by atoms with van der Waals surface area (Å²) in [7, 11) is 3.69. The van der Waals surface area contributed by atoms with Crippen LogP contribution in [0, 0.1) is 17.2 Å². The van der Waals surface area contributed by atoms with E-state index in [4.69, 9.17) is 5.26 Å². The van der Waals surface area contributed by atoms with Crippen LogP contribution in [0.4, 0.5) is 5.69 Å². The molecule has 1 unspecified atom stereocenters. The third-order valence-corrected chi connectivity index (χ3v) is 2.04. The van der Waals surface area contributed by atoms with Gasteiger partial charge in [0.15, 0.2) is 0 Å². The van der Waals surface area contributed by atoms with Gasteiger partial charge < -0.3 is 4.90 Å². The second kappa shape index (κ2) is 4.60. The van der Waals surface area contributed by atoms with Gasteiger partial charge in [0.25, 0.3) is 5.56 Å². The van der Waals surface area contributed by atoms with Crippen molar-refractivity contribution in [3.8, 4) is 6.07 Å².